The topological polar surface area (TPSA) is 127 Å². The first-order chi connectivity index (χ1) is 4.21. The molecule has 11 heavy (non-hydrogen) atoms. The monoisotopic (exact) mass is 233 g/mol. The van der Waals surface area contributed by atoms with E-state index in [0.717, 1.165) is 0 Å². The van der Waals surface area contributed by atoms with Crippen LogP contribution >= 0.6 is 0 Å². The number of rotatable bonds is 3. The van der Waals surface area contributed by atoms with Crippen LogP contribution in [0, 0.1) is 0 Å². The maximum absolute atomic E-state index is 9.51. The summed E-state index contributed by atoms with van der Waals surface area (Å²) in [4.78, 5) is 0. The molecule has 0 saturated heterocycles. The zero-order valence-electron chi connectivity index (χ0n) is 5.16. The Labute approximate surface area is 105 Å². The second-order valence-corrected chi connectivity index (χ2v) is 2.97. The van der Waals surface area contributed by atoms with E-state index in [2.05, 4.69) is 8.67 Å². The molecule has 1 radical (unpaired) electrons. The van der Waals surface area contributed by atoms with Gasteiger partial charge in [-0.05, 0) is 0 Å². The van der Waals surface area contributed by atoms with Crippen molar-refractivity contribution in [1.29, 1.82) is 0 Å². The molecule has 0 unspecified atom stereocenters. The van der Waals surface area contributed by atoms with E-state index in [-0.39, 0.29) is 51.4 Å². The van der Waals surface area contributed by atoms with Crippen molar-refractivity contribution < 1.29 is 34.6 Å². The molecule has 2 N–H and O–H groups in total. The Morgan fingerprint density at radius 1 is 0.818 bits per heavy atom. The standard InChI is InChI=1S/K.H2O8S2/c;1-9(2,3)7-8-10(4,5)6/h;(H,1,2,3)(H,4,5,6). The fourth-order valence-corrected chi connectivity index (χ4v) is 0.632. The Kier molecular flexibility index (Phi) is 7.01. The summed E-state index contributed by atoms with van der Waals surface area (Å²) in [5, 5.41) is 0. The molecule has 0 aromatic carbocycles. The summed E-state index contributed by atoms with van der Waals surface area (Å²) < 4.78 is 58.9. The molecule has 0 aliphatic rings. The van der Waals surface area contributed by atoms with Crippen LogP contribution in [0.15, 0.2) is 0 Å². The molecule has 0 bridgehead atoms. The molecule has 0 heterocycles. The van der Waals surface area contributed by atoms with Crippen LogP contribution in [0.5, 0.6) is 0 Å². The van der Waals surface area contributed by atoms with Crippen LogP contribution in [-0.2, 0) is 29.5 Å². The molecule has 0 aliphatic carbocycles. The van der Waals surface area contributed by atoms with E-state index in [9.17, 15) is 16.8 Å². The van der Waals surface area contributed by atoms with Gasteiger partial charge in [0.25, 0.3) is 0 Å². The van der Waals surface area contributed by atoms with Gasteiger partial charge in [-0.15, -0.1) is 0 Å². The van der Waals surface area contributed by atoms with E-state index in [1.54, 1.807) is 0 Å². The number of hydrogen-bond acceptors (Lipinski definition) is 6. The summed E-state index contributed by atoms with van der Waals surface area (Å²) in [6.45, 7) is 0. The van der Waals surface area contributed by atoms with Crippen LogP contribution in [-0.4, -0.2) is 77.3 Å². The average molecular weight is 233 g/mol. The van der Waals surface area contributed by atoms with E-state index in [1.165, 1.54) is 0 Å². The van der Waals surface area contributed by atoms with Crippen molar-refractivity contribution in [3.05, 3.63) is 0 Å². The first-order valence-corrected chi connectivity index (χ1v) is 4.26. The van der Waals surface area contributed by atoms with Crippen molar-refractivity contribution in [3.63, 3.8) is 0 Å². The van der Waals surface area contributed by atoms with Gasteiger partial charge >= 0.3 is 20.8 Å². The van der Waals surface area contributed by atoms with Gasteiger partial charge in [-0.3, -0.25) is 9.11 Å². The van der Waals surface area contributed by atoms with E-state index in [4.69, 9.17) is 9.11 Å². The zero-order chi connectivity index (χ0) is 8.41. The minimum atomic E-state index is -5.02. The van der Waals surface area contributed by atoms with Crippen molar-refractivity contribution in [3.8, 4) is 0 Å². The Morgan fingerprint density at radius 2 is 1.00 bits per heavy atom. The van der Waals surface area contributed by atoms with E-state index >= 15 is 0 Å². The molecule has 0 aromatic heterocycles. The van der Waals surface area contributed by atoms with Gasteiger partial charge < -0.3 is 0 Å². The van der Waals surface area contributed by atoms with Crippen LogP contribution in [0.3, 0.4) is 0 Å². The molecule has 0 aromatic rings. The summed E-state index contributed by atoms with van der Waals surface area (Å²) >= 11 is 0. The predicted octanol–water partition coefficient (Wildman–Crippen LogP) is -1.84. The summed E-state index contributed by atoms with van der Waals surface area (Å²) in [7, 11) is -10.0. The molecule has 8 nitrogen and oxygen atoms in total. The van der Waals surface area contributed by atoms with Gasteiger partial charge in [-0.2, -0.15) is 16.8 Å². The number of hydrogen-bond donors (Lipinski definition) is 2. The third-order valence-corrected chi connectivity index (χ3v) is 0.766. The van der Waals surface area contributed by atoms with Crippen molar-refractivity contribution in [1.82, 2.24) is 0 Å². The molecule has 11 heteroatoms. The van der Waals surface area contributed by atoms with E-state index in [0.29, 0.717) is 0 Å². The smallest absolute Gasteiger partial charge is 0.262 e. The Balaban J connectivity index is 0. The van der Waals surface area contributed by atoms with Gasteiger partial charge in [0.1, 0.15) is 0 Å². The molecule has 0 fully saturated rings. The van der Waals surface area contributed by atoms with Crippen LogP contribution in [0.25, 0.3) is 0 Å². The summed E-state index contributed by atoms with van der Waals surface area (Å²) in [6, 6.07) is 0. The summed E-state index contributed by atoms with van der Waals surface area (Å²) in [5.74, 6) is 0. The second kappa shape index (κ2) is 5.18. The van der Waals surface area contributed by atoms with Crippen LogP contribution in [0.4, 0.5) is 0 Å². The van der Waals surface area contributed by atoms with Gasteiger partial charge in [-0.25, -0.2) is 0 Å². The Hall–Kier alpha value is 1.38. The fraction of sp³-hybridized carbons (Fsp3) is 0. The summed E-state index contributed by atoms with van der Waals surface area (Å²) in [5.41, 5.74) is 0. The third kappa shape index (κ3) is 14.3. The molecule has 0 amide bonds. The summed E-state index contributed by atoms with van der Waals surface area (Å²) in [6.07, 6.45) is 0. The van der Waals surface area contributed by atoms with Crippen molar-refractivity contribution >= 4 is 72.2 Å². The predicted molar refractivity (Wildman–Crippen MR) is 31.0 cm³/mol. The van der Waals surface area contributed by atoms with Crippen molar-refractivity contribution in [2.24, 2.45) is 0 Å². The Morgan fingerprint density at radius 3 is 1.09 bits per heavy atom. The Bertz CT molecular complexity index is 248. The molecular weight excluding hydrogens is 231 g/mol. The first-order valence-electron chi connectivity index (χ1n) is 1.53. The second-order valence-electron chi connectivity index (χ2n) is 0.992. The van der Waals surface area contributed by atoms with Crippen molar-refractivity contribution in [2.45, 2.75) is 0 Å². The maximum atomic E-state index is 9.51. The fourth-order valence-electron chi connectivity index (χ4n) is 0.0702. The van der Waals surface area contributed by atoms with E-state index in [1.807, 2.05) is 0 Å². The quantitative estimate of drug-likeness (QED) is 0.252. The SMILES string of the molecule is O=S(=O)(O)OOS(=O)(=O)O.[K]. The van der Waals surface area contributed by atoms with Gasteiger partial charge in [0.05, 0.1) is 0 Å². The molecule has 0 aliphatic heterocycles. The minimum Gasteiger partial charge on any atom is -0.262 e. The molecule has 0 spiro atoms. The van der Waals surface area contributed by atoms with Gasteiger partial charge in [0.2, 0.25) is 0 Å². The van der Waals surface area contributed by atoms with Crippen LogP contribution in [0.1, 0.15) is 0 Å². The first kappa shape index (κ1) is 14.9. The van der Waals surface area contributed by atoms with Gasteiger partial charge in [-0.1, -0.05) is 8.67 Å². The van der Waals surface area contributed by atoms with Gasteiger partial charge in [0, 0.05) is 51.4 Å². The normalized spacial score (nSPS) is 12.2. The van der Waals surface area contributed by atoms with Gasteiger partial charge in [0.15, 0.2) is 0 Å². The molecule has 0 rings (SSSR count). The van der Waals surface area contributed by atoms with Crippen LogP contribution in [0.2, 0.25) is 0 Å². The van der Waals surface area contributed by atoms with E-state index < -0.39 is 20.8 Å². The third-order valence-electron chi connectivity index (χ3n) is 0.200. The minimum absolute atomic E-state index is 0. The van der Waals surface area contributed by atoms with Crippen molar-refractivity contribution in [2.75, 3.05) is 0 Å². The average Bonchev–Trinajstić information content (AvgIpc) is 1.57. The largest absolute Gasteiger partial charge is 0.425 e. The molecule has 0 atom stereocenters. The van der Waals surface area contributed by atoms with Crippen LogP contribution < -0.4 is 0 Å². The molecule has 63 valence electrons. The molecular formula is H2KO8S2. The molecule has 0 saturated carbocycles. The maximum Gasteiger partial charge on any atom is 0.425 e. The zero-order valence-corrected chi connectivity index (χ0v) is 9.92.